The number of carbonyl (C=O) groups is 2. The second-order valence-electron chi connectivity index (χ2n) is 3.98. The molecule has 0 aromatic carbocycles. The lowest BCUT2D eigenvalue weighted by atomic mass is 10.2. The Balaban J connectivity index is 2.60. The van der Waals surface area contributed by atoms with Crippen LogP contribution in [0.2, 0.25) is 0 Å². The molecular formula is C12H18N2O4S. The molecule has 0 fully saturated rings. The molecule has 2 amide bonds. The standard InChI is InChI=1S/C12H18N2O4S/c1-8(16)13-11-4-3-10(19-11)12(17)14-9(5-6-15)7-18-2/h3-4,9,15H,5-7H2,1-2H3,(H,13,16)(H,14,17). The van der Waals surface area contributed by atoms with Crippen LogP contribution in [-0.2, 0) is 9.53 Å². The highest BCUT2D eigenvalue weighted by Gasteiger charge is 2.15. The summed E-state index contributed by atoms with van der Waals surface area (Å²) in [7, 11) is 1.54. The van der Waals surface area contributed by atoms with Gasteiger partial charge in [-0.1, -0.05) is 0 Å². The topological polar surface area (TPSA) is 87.7 Å². The van der Waals surface area contributed by atoms with Gasteiger partial charge in [0.05, 0.1) is 22.5 Å². The normalized spacial score (nSPS) is 11.9. The van der Waals surface area contributed by atoms with Gasteiger partial charge in [-0.05, 0) is 18.6 Å². The number of carbonyl (C=O) groups excluding carboxylic acids is 2. The molecule has 1 aromatic rings. The largest absolute Gasteiger partial charge is 0.396 e. The Bertz CT molecular complexity index is 427. The number of thiophene rings is 1. The third-order valence-corrected chi connectivity index (χ3v) is 3.31. The molecule has 1 unspecified atom stereocenters. The zero-order valence-electron chi connectivity index (χ0n) is 10.9. The summed E-state index contributed by atoms with van der Waals surface area (Å²) in [6, 6.07) is 3.10. The predicted octanol–water partition coefficient (Wildman–Crippen LogP) is 0.834. The first-order valence-electron chi connectivity index (χ1n) is 5.85. The summed E-state index contributed by atoms with van der Waals surface area (Å²) >= 11 is 1.20. The van der Waals surface area contributed by atoms with Gasteiger partial charge in [0.25, 0.3) is 5.91 Å². The van der Waals surface area contributed by atoms with Crippen LogP contribution < -0.4 is 10.6 Å². The van der Waals surface area contributed by atoms with Crippen molar-refractivity contribution in [2.45, 2.75) is 19.4 Å². The zero-order valence-corrected chi connectivity index (χ0v) is 11.8. The van der Waals surface area contributed by atoms with Crippen molar-refractivity contribution in [3.8, 4) is 0 Å². The highest BCUT2D eigenvalue weighted by molar-refractivity contribution is 7.18. The van der Waals surface area contributed by atoms with Crippen molar-refractivity contribution >= 4 is 28.2 Å². The number of hydrogen-bond acceptors (Lipinski definition) is 5. The van der Waals surface area contributed by atoms with Crippen molar-refractivity contribution < 1.29 is 19.4 Å². The Kier molecular flexibility index (Phi) is 6.48. The van der Waals surface area contributed by atoms with Crippen LogP contribution in [0.1, 0.15) is 23.0 Å². The van der Waals surface area contributed by atoms with Crippen LogP contribution in [0.5, 0.6) is 0 Å². The van der Waals surface area contributed by atoms with Crippen molar-refractivity contribution in [3.05, 3.63) is 17.0 Å². The molecule has 0 saturated heterocycles. The van der Waals surface area contributed by atoms with Crippen molar-refractivity contribution in [1.82, 2.24) is 5.32 Å². The smallest absolute Gasteiger partial charge is 0.261 e. The number of amides is 2. The second-order valence-corrected chi connectivity index (χ2v) is 5.07. The van der Waals surface area contributed by atoms with Gasteiger partial charge in [-0.2, -0.15) is 0 Å². The summed E-state index contributed by atoms with van der Waals surface area (Å²) in [4.78, 5) is 23.3. The van der Waals surface area contributed by atoms with E-state index in [-0.39, 0.29) is 24.5 Å². The molecule has 0 radical (unpaired) electrons. The fourth-order valence-electron chi connectivity index (χ4n) is 1.51. The van der Waals surface area contributed by atoms with Gasteiger partial charge in [0.1, 0.15) is 0 Å². The van der Waals surface area contributed by atoms with E-state index in [1.165, 1.54) is 25.4 Å². The molecule has 106 valence electrons. The van der Waals surface area contributed by atoms with E-state index in [1.807, 2.05) is 0 Å². The molecule has 7 heteroatoms. The molecule has 3 N–H and O–H groups in total. The van der Waals surface area contributed by atoms with E-state index < -0.39 is 0 Å². The van der Waals surface area contributed by atoms with Gasteiger partial charge < -0.3 is 20.5 Å². The fraction of sp³-hybridized carbons (Fsp3) is 0.500. The van der Waals surface area contributed by atoms with Crippen molar-refractivity contribution in [1.29, 1.82) is 0 Å². The number of anilines is 1. The van der Waals surface area contributed by atoms with Gasteiger partial charge in [-0.3, -0.25) is 9.59 Å². The Labute approximate surface area is 115 Å². The SMILES string of the molecule is COCC(CCO)NC(=O)c1ccc(NC(C)=O)s1. The molecule has 1 heterocycles. The first-order valence-corrected chi connectivity index (χ1v) is 6.66. The molecular weight excluding hydrogens is 268 g/mol. The quantitative estimate of drug-likeness (QED) is 0.693. The van der Waals surface area contributed by atoms with Crippen LogP contribution in [0.15, 0.2) is 12.1 Å². The lowest BCUT2D eigenvalue weighted by Crippen LogP contribution is -2.38. The molecule has 6 nitrogen and oxygen atoms in total. The lowest BCUT2D eigenvalue weighted by molar-refractivity contribution is -0.114. The maximum atomic E-state index is 12.0. The Morgan fingerprint density at radius 1 is 1.47 bits per heavy atom. The van der Waals surface area contributed by atoms with Gasteiger partial charge in [0.2, 0.25) is 5.91 Å². The minimum absolute atomic E-state index is 0.0180. The zero-order chi connectivity index (χ0) is 14.3. The third-order valence-electron chi connectivity index (χ3n) is 2.31. The van der Waals surface area contributed by atoms with Crippen LogP contribution in [0.4, 0.5) is 5.00 Å². The van der Waals surface area contributed by atoms with Crippen LogP contribution >= 0.6 is 11.3 Å². The fourth-order valence-corrected chi connectivity index (χ4v) is 2.37. The number of aliphatic hydroxyl groups excluding tert-OH is 1. The molecule has 0 spiro atoms. The van der Waals surface area contributed by atoms with Crippen LogP contribution in [0, 0.1) is 0 Å². The summed E-state index contributed by atoms with van der Waals surface area (Å²) in [5.74, 6) is -0.413. The first kappa shape index (κ1) is 15.6. The van der Waals surface area contributed by atoms with E-state index >= 15 is 0 Å². The number of aliphatic hydroxyl groups is 1. The molecule has 1 aromatic heterocycles. The summed E-state index contributed by atoms with van der Waals surface area (Å²) in [6.45, 7) is 1.74. The van der Waals surface area contributed by atoms with Crippen LogP contribution in [0.3, 0.4) is 0 Å². The highest BCUT2D eigenvalue weighted by Crippen LogP contribution is 2.21. The minimum Gasteiger partial charge on any atom is -0.396 e. The van der Waals surface area contributed by atoms with Gasteiger partial charge >= 0.3 is 0 Å². The van der Waals surface area contributed by atoms with E-state index in [1.54, 1.807) is 12.1 Å². The summed E-state index contributed by atoms with van der Waals surface area (Å²) in [6.07, 6.45) is 0.434. The van der Waals surface area contributed by atoms with Gasteiger partial charge in [0.15, 0.2) is 0 Å². The average molecular weight is 286 g/mol. The molecule has 19 heavy (non-hydrogen) atoms. The van der Waals surface area contributed by atoms with Gasteiger partial charge in [-0.15, -0.1) is 11.3 Å². The molecule has 0 aliphatic carbocycles. The predicted molar refractivity (Wildman–Crippen MR) is 73.5 cm³/mol. The maximum absolute atomic E-state index is 12.0. The minimum atomic E-state index is -0.239. The average Bonchev–Trinajstić information content (AvgIpc) is 2.77. The van der Waals surface area contributed by atoms with Gasteiger partial charge in [-0.25, -0.2) is 0 Å². The number of nitrogens with one attached hydrogen (secondary N) is 2. The van der Waals surface area contributed by atoms with Crippen LogP contribution in [0.25, 0.3) is 0 Å². The molecule has 0 bridgehead atoms. The molecule has 1 atom stereocenters. The van der Waals surface area contributed by atoms with E-state index in [4.69, 9.17) is 9.84 Å². The highest BCUT2D eigenvalue weighted by atomic mass is 32.1. The number of ether oxygens (including phenoxy) is 1. The lowest BCUT2D eigenvalue weighted by Gasteiger charge is -2.16. The Morgan fingerprint density at radius 2 is 2.21 bits per heavy atom. The summed E-state index contributed by atoms with van der Waals surface area (Å²) in [5.41, 5.74) is 0. The second kappa shape index (κ2) is 7.88. The van der Waals surface area contributed by atoms with Crippen LogP contribution in [-0.4, -0.2) is 43.3 Å². The monoisotopic (exact) mass is 286 g/mol. The number of rotatable bonds is 7. The van der Waals surface area contributed by atoms with E-state index in [2.05, 4.69) is 10.6 Å². The first-order chi connectivity index (χ1) is 9.06. The molecule has 0 aliphatic rings. The van der Waals surface area contributed by atoms with Crippen molar-refractivity contribution in [2.24, 2.45) is 0 Å². The molecule has 0 aliphatic heterocycles. The number of methoxy groups -OCH3 is 1. The molecule has 0 saturated carbocycles. The van der Waals surface area contributed by atoms with E-state index in [0.29, 0.717) is 22.9 Å². The van der Waals surface area contributed by atoms with Crippen molar-refractivity contribution in [2.75, 3.05) is 25.6 Å². The number of hydrogen-bond donors (Lipinski definition) is 3. The molecule has 1 rings (SSSR count). The third kappa shape index (κ3) is 5.37. The van der Waals surface area contributed by atoms with Gasteiger partial charge in [0, 0.05) is 20.6 Å². The van der Waals surface area contributed by atoms with E-state index in [0.717, 1.165) is 0 Å². The summed E-state index contributed by atoms with van der Waals surface area (Å²) < 4.78 is 4.97. The maximum Gasteiger partial charge on any atom is 0.261 e. The Morgan fingerprint density at radius 3 is 2.79 bits per heavy atom. The van der Waals surface area contributed by atoms with E-state index in [9.17, 15) is 9.59 Å². The summed E-state index contributed by atoms with van der Waals surface area (Å²) in [5, 5.41) is 14.9. The Hall–Kier alpha value is -1.44. The van der Waals surface area contributed by atoms with Crippen molar-refractivity contribution in [3.63, 3.8) is 0 Å².